The Bertz CT molecular complexity index is 1880. The maximum Gasteiger partial charge on any atom is 0.262 e. The number of aromatic nitrogens is 3. The van der Waals surface area contributed by atoms with E-state index in [9.17, 15) is 15.0 Å². The van der Waals surface area contributed by atoms with Crippen LogP contribution in [0.1, 0.15) is 11.3 Å². The van der Waals surface area contributed by atoms with Crippen LogP contribution < -0.4 is 10.3 Å². The van der Waals surface area contributed by atoms with Crippen LogP contribution >= 0.6 is 23.2 Å². The Labute approximate surface area is 271 Å². The SMILES string of the molecule is COc1cc(-c2cccc(-c3cccc(-c4ccn5c(=O)c(CN(C)CCO)cnc5c4)c3Cl)c2Cl)cnc1CN(C)CCO. The van der Waals surface area contributed by atoms with Crippen LogP contribution in [0.5, 0.6) is 5.75 Å². The molecule has 5 aromatic rings. The van der Waals surface area contributed by atoms with Crippen LogP contribution in [0.15, 0.2) is 78.0 Å². The topological polar surface area (TPSA) is 103 Å². The second kappa shape index (κ2) is 14.5. The van der Waals surface area contributed by atoms with Crippen molar-refractivity contribution >= 4 is 28.8 Å². The van der Waals surface area contributed by atoms with Gasteiger partial charge in [-0.05, 0) is 37.9 Å². The Balaban J connectivity index is 1.49. The van der Waals surface area contributed by atoms with Crippen molar-refractivity contribution < 1.29 is 14.9 Å². The molecule has 2 N–H and O–H groups in total. The Kier molecular flexibility index (Phi) is 10.5. The van der Waals surface area contributed by atoms with E-state index in [4.69, 9.17) is 27.9 Å². The number of aliphatic hydroxyl groups excluding tert-OH is 2. The maximum atomic E-state index is 13.1. The van der Waals surface area contributed by atoms with E-state index in [1.54, 1.807) is 25.7 Å². The summed E-state index contributed by atoms with van der Waals surface area (Å²) in [7, 11) is 5.36. The predicted molar refractivity (Wildman–Crippen MR) is 179 cm³/mol. The third-order valence-corrected chi connectivity index (χ3v) is 8.48. The number of hydrogen-bond acceptors (Lipinski definition) is 8. The Morgan fingerprint density at radius 2 is 1.40 bits per heavy atom. The number of halogens is 2. The molecule has 0 aliphatic carbocycles. The van der Waals surface area contributed by atoms with E-state index in [0.29, 0.717) is 53.2 Å². The van der Waals surface area contributed by atoms with E-state index >= 15 is 0 Å². The number of ether oxygens (including phenoxy) is 1. The van der Waals surface area contributed by atoms with Crippen LogP contribution in [0.3, 0.4) is 0 Å². The van der Waals surface area contributed by atoms with Crippen molar-refractivity contribution in [1.82, 2.24) is 24.2 Å². The largest absolute Gasteiger partial charge is 0.495 e. The lowest BCUT2D eigenvalue weighted by atomic mass is 9.96. The molecule has 11 heteroatoms. The Morgan fingerprint density at radius 3 is 2.02 bits per heavy atom. The number of likely N-dealkylation sites (N-methyl/N-ethyl adjacent to an activating group) is 2. The minimum atomic E-state index is -0.156. The molecule has 0 bridgehead atoms. The fraction of sp³-hybridized carbons (Fsp3) is 0.265. The van der Waals surface area contributed by atoms with Crippen molar-refractivity contribution in [3.8, 4) is 39.1 Å². The van der Waals surface area contributed by atoms with Crippen LogP contribution in [0.25, 0.3) is 39.0 Å². The minimum Gasteiger partial charge on any atom is -0.495 e. The number of nitrogens with zero attached hydrogens (tertiary/aromatic N) is 5. The van der Waals surface area contributed by atoms with Gasteiger partial charge in [0.2, 0.25) is 0 Å². The summed E-state index contributed by atoms with van der Waals surface area (Å²) >= 11 is 14.1. The molecule has 2 aromatic carbocycles. The van der Waals surface area contributed by atoms with E-state index in [2.05, 4.69) is 9.97 Å². The minimum absolute atomic E-state index is 0.0152. The van der Waals surface area contributed by atoms with Gasteiger partial charge in [-0.3, -0.25) is 24.0 Å². The number of fused-ring (bicyclic) bond motifs is 1. The van der Waals surface area contributed by atoms with Crippen molar-refractivity contribution in [2.45, 2.75) is 13.1 Å². The Hall–Kier alpha value is -3.83. The molecule has 5 rings (SSSR count). The van der Waals surface area contributed by atoms with Gasteiger partial charge in [0.15, 0.2) is 0 Å². The molecule has 0 atom stereocenters. The molecule has 0 saturated heterocycles. The van der Waals surface area contributed by atoms with E-state index in [-0.39, 0.29) is 18.8 Å². The number of hydrogen-bond donors (Lipinski definition) is 2. The molecular formula is C34H35Cl2N5O4. The van der Waals surface area contributed by atoms with Gasteiger partial charge in [0.25, 0.3) is 5.56 Å². The third-order valence-electron chi connectivity index (χ3n) is 7.66. The lowest BCUT2D eigenvalue weighted by molar-refractivity contribution is 0.214. The molecule has 3 aromatic heterocycles. The zero-order valence-corrected chi connectivity index (χ0v) is 26.9. The quantitative estimate of drug-likeness (QED) is 0.189. The van der Waals surface area contributed by atoms with E-state index in [1.165, 1.54) is 4.40 Å². The Morgan fingerprint density at radius 1 is 0.800 bits per heavy atom. The zero-order chi connectivity index (χ0) is 32.1. The fourth-order valence-corrected chi connectivity index (χ4v) is 5.95. The molecule has 0 aliphatic rings. The van der Waals surface area contributed by atoms with Gasteiger partial charge in [-0.15, -0.1) is 0 Å². The van der Waals surface area contributed by atoms with Gasteiger partial charge in [0.05, 0.1) is 41.6 Å². The summed E-state index contributed by atoms with van der Waals surface area (Å²) in [6, 6.07) is 17.2. The average Bonchev–Trinajstić information content (AvgIpc) is 3.03. The summed E-state index contributed by atoms with van der Waals surface area (Å²) in [6.45, 7) is 1.99. The monoisotopic (exact) mass is 647 g/mol. The average molecular weight is 649 g/mol. The smallest absolute Gasteiger partial charge is 0.262 e. The molecule has 0 amide bonds. The van der Waals surface area contributed by atoms with Crippen LogP contribution in [0.4, 0.5) is 0 Å². The first kappa shape index (κ1) is 32.6. The van der Waals surface area contributed by atoms with E-state index < -0.39 is 0 Å². The van der Waals surface area contributed by atoms with Crippen molar-refractivity contribution in [3.63, 3.8) is 0 Å². The fourth-order valence-electron chi connectivity index (χ4n) is 5.28. The van der Waals surface area contributed by atoms with Crippen LogP contribution in [0, 0.1) is 0 Å². The number of pyridine rings is 2. The summed E-state index contributed by atoms with van der Waals surface area (Å²) in [6.07, 6.45) is 5.06. The number of methoxy groups -OCH3 is 1. The number of benzene rings is 2. The molecule has 0 unspecified atom stereocenters. The molecule has 45 heavy (non-hydrogen) atoms. The van der Waals surface area contributed by atoms with Gasteiger partial charge in [0.1, 0.15) is 11.4 Å². The van der Waals surface area contributed by atoms with Gasteiger partial charge in [-0.1, -0.05) is 59.6 Å². The standard InChI is InChI=1S/C34H35Cl2N5O4/c1-39(12-14-42)20-24-19-38-31-17-22(10-11-41(31)34(24)44)25-6-4-8-27(32(25)35)28-9-5-7-26(33(28)36)23-16-30(45-3)29(37-18-23)21-40(2)13-15-43/h4-11,16-19,42-43H,12-15,20-21H2,1-3H3. The van der Waals surface area contributed by atoms with Crippen molar-refractivity contribution in [2.24, 2.45) is 0 Å². The van der Waals surface area contributed by atoms with E-state index in [1.807, 2.05) is 78.5 Å². The van der Waals surface area contributed by atoms with Crippen LogP contribution in [-0.4, -0.2) is 81.9 Å². The summed E-state index contributed by atoms with van der Waals surface area (Å²) in [5.74, 6) is 0.632. The summed E-state index contributed by atoms with van der Waals surface area (Å²) in [5, 5.41) is 19.5. The van der Waals surface area contributed by atoms with E-state index in [0.717, 1.165) is 39.1 Å². The van der Waals surface area contributed by atoms with Crippen LogP contribution in [0.2, 0.25) is 10.0 Å². The summed E-state index contributed by atoms with van der Waals surface area (Å²) in [4.78, 5) is 26.1. The molecule has 3 heterocycles. The summed E-state index contributed by atoms with van der Waals surface area (Å²) < 4.78 is 7.16. The number of aliphatic hydroxyl groups is 2. The van der Waals surface area contributed by atoms with Gasteiger partial charge in [-0.2, -0.15) is 0 Å². The third kappa shape index (κ3) is 7.04. The molecule has 0 radical (unpaired) electrons. The normalized spacial score (nSPS) is 11.6. The van der Waals surface area contributed by atoms with Gasteiger partial charge in [0, 0.05) is 72.6 Å². The molecule has 234 valence electrons. The summed E-state index contributed by atoms with van der Waals surface area (Å²) in [5.41, 5.74) is 6.34. The highest BCUT2D eigenvalue weighted by Crippen LogP contribution is 2.42. The highest BCUT2D eigenvalue weighted by Gasteiger charge is 2.18. The van der Waals surface area contributed by atoms with Crippen molar-refractivity contribution in [1.29, 1.82) is 0 Å². The molecular weight excluding hydrogens is 613 g/mol. The lowest BCUT2D eigenvalue weighted by Gasteiger charge is -2.18. The molecule has 0 aliphatic heterocycles. The van der Waals surface area contributed by atoms with Crippen molar-refractivity contribution in [3.05, 3.63) is 105 Å². The first-order valence-electron chi connectivity index (χ1n) is 14.5. The zero-order valence-electron chi connectivity index (χ0n) is 25.4. The first-order valence-corrected chi connectivity index (χ1v) is 15.2. The second-order valence-corrected chi connectivity index (χ2v) is 11.6. The number of rotatable bonds is 12. The highest BCUT2D eigenvalue weighted by molar-refractivity contribution is 6.39. The van der Waals surface area contributed by atoms with Crippen molar-refractivity contribution in [2.75, 3.05) is 47.5 Å². The molecule has 0 saturated carbocycles. The molecule has 9 nitrogen and oxygen atoms in total. The maximum absolute atomic E-state index is 13.1. The first-order chi connectivity index (χ1) is 21.7. The van der Waals surface area contributed by atoms with Crippen LogP contribution in [-0.2, 0) is 13.1 Å². The van der Waals surface area contributed by atoms with Gasteiger partial charge in [-0.25, -0.2) is 4.98 Å². The van der Waals surface area contributed by atoms with Gasteiger partial charge < -0.3 is 14.9 Å². The second-order valence-electron chi connectivity index (χ2n) is 10.9. The highest BCUT2D eigenvalue weighted by atomic mass is 35.5. The molecule has 0 spiro atoms. The lowest BCUT2D eigenvalue weighted by Crippen LogP contribution is -2.27. The molecule has 0 fully saturated rings. The van der Waals surface area contributed by atoms with Gasteiger partial charge >= 0.3 is 0 Å². The predicted octanol–water partition coefficient (Wildman–Crippen LogP) is 5.25.